The largest absolute Gasteiger partial charge is 0.472 e. The van der Waals surface area contributed by atoms with Gasteiger partial charge in [-0.05, 0) is 148 Å². The lowest BCUT2D eigenvalue weighted by Gasteiger charge is -2.21. The van der Waals surface area contributed by atoms with E-state index in [-0.39, 0.29) is 25.7 Å². The first-order chi connectivity index (χ1) is 48.7. The fourth-order valence-corrected chi connectivity index (χ4v) is 12.0. The Morgan fingerprint density at radius 3 is 0.840 bits per heavy atom. The maximum atomic E-state index is 13.1. The van der Waals surface area contributed by atoms with Gasteiger partial charge in [0.05, 0.1) is 26.4 Å². The van der Waals surface area contributed by atoms with Crippen LogP contribution in [-0.2, 0) is 65.4 Å². The van der Waals surface area contributed by atoms with Gasteiger partial charge in [-0.25, -0.2) is 9.13 Å². The molecule has 0 aromatic carbocycles. The van der Waals surface area contributed by atoms with E-state index < -0.39 is 97.5 Å². The maximum absolute atomic E-state index is 13.1. The van der Waals surface area contributed by atoms with Crippen molar-refractivity contribution in [2.45, 2.75) is 354 Å². The Morgan fingerprint density at radius 2 is 0.520 bits per heavy atom. The summed E-state index contributed by atoms with van der Waals surface area (Å²) in [7, 11) is -9.96. The number of unbranched alkanes of at least 4 members (excludes halogenated alkanes) is 32. The first-order valence-electron chi connectivity index (χ1n) is 39.5. The molecule has 0 heterocycles. The molecule has 19 heteroatoms. The fraction of sp³-hybridized carbons (Fsp3) is 0.753. The number of ether oxygens (including phenoxy) is 4. The number of rotatable bonds is 74. The number of aliphatic hydroxyl groups excluding tert-OH is 1. The summed E-state index contributed by atoms with van der Waals surface area (Å²) in [6.45, 7) is 4.68. The highest BCUT2D eigenvalue weighted by Gasteiger charge is 2.30. The van der Waals surface area contributed by atoms with Crippen LogP contribution in [0.4, 0.5) is 0 Å². The predicted molar refractivity (Wildman–Crippen MR) is 409 cm³/mol. The zero-order chi connectivity index (χ0) is 73.2. The average molecular weight is 1450 g/mol. The second kappa shape index (κ2) is 73.3. The van der Waals surface area contributed by atoms with Crippen molar-refractivity contribution in [3.05, 3.63) is 97.2 Å². The van der Waals surface area contributed by atoms with Gasteiger partial charge in [0, 0.05) is 25.7 Å². The van der Waals surface area contributed by atoms with Crippen LogP contribution in [0.3, 0.4) is 0 Å². The molecule has 0 amide bonds. The zero-order valence-corrected chi connectivity index (χ0v) is 64.9. The second-order valence-electron chi connectivity index (χ2n) is 26.3. The van der Waals surface area contributed by atoms with Crippen molar-refractivity contribution < 1.29 is 80.2 Å². The molecule has 0 aliphatic carbocycles. The minimum absolute atomic E-state index is 0.0789. The number of carbonyl (C=O) groups is 4. The molecule has 0 bridgehead atoms. The number of hydrogen-bond donors (Lipinski definition) is 3. The van der Waals surface area contributed by atoms with E-state index in [0.29, 0.717) is 25.7 Å². The molecule has 100 heavy (non-hydrogen) atoms. The summed E-state index contributed by atoms with van der Waals surface area (Å²) in [5.41, 5.74) is 0. The minimum atomic E-state index is -4.98. The number of allylic oxidation sites excluding steroid dienone is 16. The quantitative estimate of drug-likeness (QED) is 0.0169. The molecule has 5 atom stereocenters. The molecule has 5 unspecified atom stereocenters. The van der Waals surface area contributed by atoms with Gasteiger partial charge in [0.25, 0.3) is 0 Å². The van der Waals surface area contributed by atoms with Crippen molar-refractivity contribution >= 4 is 39.5 Å². The number of phosphoric acid groups is 2. The molecule has 0 aromatic rings. The average Bonchev–Trinajstić information content (AvgIpc) is 0.965. The Kier molecular flexibility index (Phi) is 70.4. The van der Waals surface area contributed by atoms with Crippen LogP contribution in [0.5, 0.6) is 0 Å². The molecule has 0 saturated carbocycles. The van der Waals surface area contributed by atoms with Gasteiger partial charge in [0.2, 0.25) is 0 Å². The summed E-state index contributed by atoms with van der Waals surface area (Å²) < 4.78 is 68.5. The zero-order valence-electron chi connectivity index (χ0n) is 63.1. The molecule has 17 nitrogen and oxygen atoms in total. The third kappa shape index (κ3) is 72.3. The molecule has 0 aromatic heterocycles. The van der Waals surface area contributed by atoms with E-state index in [0.717, 1.165) is 173 Å². The molecule has 0 radical (unpaired) electrons. The molecular formula is C81H142O17P2. The Bertz CT molecular complexity index is 2270. The predicted octanol–water partition coefficient (Wildman–Crippen LogP) is 22.8. The number of aliphatic hydroxyl groups is 1. The molecule has 0 saturated heterocycles. The lowest BCUT2D eigenvalue weighted by Crippen LogP contribution is -2.30. The molecule has 0 rings (SSSR count). The fourth-order valence-electron chi connectivity index (χ4n) is 10.5. The first-order valence-corrected chi connectivity index (χ1v) is 42.5. The summed E-state index contributed by atoms with van der Waals surface area (Å²) in [5.74, 6) is -2.22. The van der Waals surface area contributed by atoms with E-state index >= 15 is 0 Å². The van der Waals surface area contributed by atoms with Crippen LogP contribution in [0, 0.1) is 0 Å². The van der Waals surface area contributed by atoms with Gasteiger partial charge in [0.15, 0.2) is 12.2 Å². The lowest BCUT2D eigenvalue weighted by molar-refractivity contribution is -0.161. The monoisotopic (exact) mass is 1450 g/mol. The summed E-state index contributed by atoms with van der Waals surface area (Å²) in [6, 6.07) is 0. The number of carbonyl (C=O) groups excluding carboxylic acids is 4. The number of phosphoric ester groups is 2. The normalized spacial score (nSPS) is 14.4. The molecule has 0 fully saturated rings. The molecule has 3 N–H and O–H groups in total. The van der Waals surface area contributed by atoms with Crippen molar-refractivity contribution in [2.75, 3.05) is 39.6 Å². The third-order valence-electron chi connectivity index (χ3n) is 16.5. The summed E-state index contributed by atoms with van der Waals surface area (Å²) in [4.78, 5) is 72.9. The molecular weight excluding hydrogens is 1310 g/mol. The van der Waals surface area contributed by atoms with Crippen LogP contribution >= 0.6 is 15.6 Å². The Labute approximate surface area is 607 Å². The van der Waals surface area contributed by atoms with Crippen molar-refractivity contribution in [3.8, 4) is 0 Å². The third-order valence-corrected chi connectivity index (χ3v) is 18.4. The van der Waals surface area contributed by atoms with Crippen LogP contribution in [0.2, 0.25) is 0 Å². The first kappa shape index (κ1) is 96.0. The van der Waals surface area contributed by atoms with Crippen LogP contribution < -0.4 is 0 Å². The summed E-state index contributed by atoms with van der Waals surface area (Å²) in [6.07, 6.45) is 76.7. The SMILES string of the molecule is CC/C=C\C/C=C\C/C=C\C/C=C\CCCCCCC(=O)OCC(COP(=O)(O)OCC(O)COP(=O)(O)OCC(COC(=O)CCCCCCC/C=C\C/C=C\CCCCC)OC(=O)CCCCCCC/C=C\CCCCCCCC)OC(=O)CCCCCCC/C=C\CCCCCC. The highest BCUT2D eigenvalue weighted by atomic mass is 31.2. The summed E-state index contributed by atoms with van der Waals surface area (Å²) in [5, 5.41) is 10.6. The Hall–Kier alpha value is -4.02. The van der Waals surface area contributed by atoms with Gasteiger partial charge < -0.3 is 33.8 Å². The van der Waals surface area contributed by atoms with Crippen molar-refractivity contribution in [3.63, 3.8) is 0 Å². The highest BCUT2D eigenvalue weighted by molar-refractivity contribution is 7.47. The molecule has 0 spiro atoms. The smallest absolute Gasteiger partial charge is 0.462 e. The number of esters is 4. The van der Waals surface area contributed by atoms with Gasteiger partial charge in [-0.15, -0.1) is 0 Å². The van der Waals surface area contributed by atoms with E-state index in [4.69, 9.17) is 37.0 Å². The molecule has 0 aliphatic heterocycles. The van der Waals surface area contributed by atoms with E-state index in [1.807, 2.05) is 0 Å². The van der Waals surface area contributed by atoms with Crippen molar-refractivity contribution in [2.24, 2.45) is 0 Å². The standard InChI is InChI=1S/C81H142O17P2/c1-5-9-13-17-21-25-29-33-36-37-40-43-46-50-54-58-62-66-79(84)92-71-76(97-80(85)67-63-59-55-51-47-41-32-28-24-20-16-12-8-4)73-95-99(87,88)93-69-75(82)70-94-100(89,90)96-74-77(98-81(86)68-64-60-56-52-48-44-39-35-31-27-23-19-15-11-7-3)72-91-78(83)65-61-57-53-49-45-42-38-34-30-26-22-18-14-10-6-2/h9,13,21-22,25-26,28,32-36,38-40,43,75-77,82H,5-8,10-12,14-20,23-24,27,29-31,37,41-42,44-74H2,1-4H3,(H,87,88)(H,89,90)/b13-9-,25-21-,26-22-,32-28-,36-33-,38-34-,39-35-,43-40-. The number of hydrogen-bond acceptors (Lipinski definition) is 15. The Balaban J connectivity index is 5.38. The van der Waals surface area contributed by atoms with E-state index in [2.05, 4.69) is 125 Å². The van der Waals surface area contributed by atoms with Gasteiger partial charge in [0.1, 0.15) is 19.3 Å². The van der Waals surface area contributed by atoms with E-state index in [9.17, 15) is 43.2 Å². The van der Waals surface area contributed by atoms with Crippen LogP contribution in [0.15, 0.2) is 97.2 Å². The van der Waals surface area contributed by atoms with Crippen molar-refractivity contribution in [1.29, 1.82) is 0 Å². The van der Waals surface area contributed by atoms with Crippen LogP contribution in [-0.4, -0.2) is 96.7 Å². The van der Waals surface area contributed by atoms with Crippen molar-refractivity contribution in [1.82, 2.24) is 0 Å². The highest BCUT2D eigenvalue weighted by Crippen LogP contribution is 2.45. The van der Waals surface area contributed by atoms with Crippen LogP contribution in [0.1, 0.15) is 336 Å². The lowest BCUT2D eigenvalue weighted by atomic mass is 10.1. The molecule has 578 valence electrons. The molecule has 0 aliphatic rings. The summed E-state index contributed by atoms with van der Waals surface area (Å²) >= 11 is 0. The second-order valence-corrected chi connectivity index (χ2v) is 29.2. The van der Waals surface area contributed by atoms with Gasteiger partial charge in [-0.1, -0.05) is 260 Å². The van der Waals surface area contributed by atoms with E-state index in [1.54, 1.807) is 0 Å². The minimum Gasteiger partial charge on any atom is -0.462 e. The van der Waals surface area contributed by atoms with Crippen LogP contribution in [0.25, 0.3) is 0 Å². The van der Waals surface area contributed by atoms with Gasteiger partial charge >= 0.3 is 39.5 Å². The van der Waals surface area contributed by atoms with Gasteiger partial charge in [-0.3, -0.25) is 37.3 Å². The topological polar surface area (TPSA) is 237 Å². The van der Waals surface area contributed by atoms with E-state index in [1.165, 1.54) is 83.5 Å². The van der Waals surface area contributed by atoms with Gasteiger partial charge in [-0.2, -0.15) is 0 Å². The maximum Gasteiger partial charge on any atom is 0.472 e. The Morgan fingerprint density at radius 1 is 0.290 bits per heavy atom.